The highest BCUT2D eigenvalue weighted by Gasteiger charge is 2.36. The smallest absolute Gasteiger partial charge is 0.225 e. The number of rotatable bonds is 8. The summed E-state index contributed by atoms with van der Waals surface area (Å²) in [7, 11) is 0. The molecule has 0 atom stereocenters. The second-order valence-electron chi connectivity index (χ2n) is 18.6. The molecule has 340 valence electrons. The molecule has 12 rings (SSSR count). The van der Waals surface area contributed by atoms with Crippen LogP contribution in [0, 0.1) is 11.8 Å². The standard InChI is InChI=1S/C26H31N5O.C25H30N6O.CH4/c32-26(21-4-5-21)30-16-14-29(15-17-30)24-10-11-27-31-19-22(18-25(24)31)20-6-8-23(9-7-20)28-12-2-1-3-13-28;32-25(20-1-2-20)30-15-13-29(14-16-30)23-7-8-27-31-18-21(17-24(23)31)19-3-5-22(6-4-19)28-11-9-26-10-12-28;/h6-11,18-19,21H,1-5,12-17H2;3-8,17-18,20,26H,1-2,9-16H2;1H4. The Labute approximate surface area is 383 Å². The number of aromatic nitrogens is 4. The molecule has 8 heterocycles. The number of carbonyl (C=O) groups excluding carboxylic acids is 2. The number of anilines is 4. The number of nitrogens with one attached hydrogen (secondary N) is 1. The van der Waals surface area contributed by atoms with Gasteiger partial charge in [0, 0.05) is 151 Å². The van der Waals surface area contributed by atoms with E-state index in [0.29, 0.717) is 23.7 Å². The minimum absolute atomic E-state index is 0. The fraction of sp³-hybridized carbons (Fsp3) is 0.462. The number of amides is 2. The monoisotopic (exact) mass is 876 g/mol. The van der Waals surface area contributed by atoms with Crippen molar-refractivity contribution >= 4 is 45.6 Å². The van der Waals surface area contributed by atoms with Crippen LogP contribution in [0.5, 0.6) is 0 Å². The number of hydrogen-bond donors (Lipinski definition) is 1. The van der Waals surface area contributed by atoms with E-state index in [2.05, 4.69) is 130 Å². The molecular formula is C52H65N11O2. The van der Waals surface area contributed by atoms with Gasteiger partial charge in [0.25, 0.3) is 0 Å². The molecule has 13 heteroatoms. The fourth-order valence-electron chi connectivity index (χ4n) is 10.2. The van der Waals surface area contributed by atoms with Crippen molar-refractivity contribution in [1.29, 1.82) is 0 Å². The average Bonchev–Trinajstić information content (AvgIpc) is 4.31. The van der Waals surface area contributed by atoms with Crippen LogP contribution < -0.4 is 24.9 Å². The first-order valence-electron chi connectivity index (χ1n) is 24.0. The predicted molar refractivity (Wildman–Crippen MR) is 262 cm³/mol. The van der Waals surface area contributed by atoms with Gasteiger partial charge in [-0.05, 0) is 105 Å². The molecule has 13 nitrogen and oxygen atoms in total. The Bertz CT molecular complexity index is 2390. The molecule has 0 bridgehead atoms. The van der Waals surface area contributed by atoms with Crippen LogP contribution in [0.2, 0.25) is 0 Å². The van der Waals surface area contributed by atoms with Crippen molar-refractivity contribution in [2.75, 3.05) is 111 Å². The van der Waals surface area contributed by atoms with E-state index >= 15 is 0 Å². The maximum Gasteiger partial charge on any atom is 0.225 e. The third-order valence-corrected chi connectivity index (χ3v) is 14.3. The van der Waals surface area contributed by atoms with E-state index in [4.69, 9.17) is 0 Å². The summed E-state index contributed by atoms with van der Waals surface area (Å²) in [5.74, 6) is 1.34. The van der Waals surface area contributed by atoms with Gasteiger partial charge in [0.2, 0.25) is 11.8 Å². The summed E-state index contributed by atoms with van der Waals surface area (Å²) in [6.07, 6.45) is 16.3. The fourth-order valence-corrected chi connectivity index (χ4v) is 10.2. The van der Waals surface area contributed by atoms with Gasteiger partial charge >= 0.3 is 0 Å². The summed E-state index contributed by atoms with van der Waals surface area (Å²) in [5, 5.41) is 12.5. The van der Waals surface area contributed by atoms with E-state index in [1.807, 2.05) is 21.4 Å². The van der Waals surface area contributed by atoms with Gasteiger partial charge in [0.1, 0.15) is 0 Å². The second-order valence-corrected chi connectivity index (χ2v) is 18.6. The quantitative estimate of drug-likeness (QED) is 0.171. The van der Waals surface area contributed by atoms with Gasteiger partial charge in [-0.15, -0.1) is 0 Å². The molecule has 0 radical (unpaired) electrons. The van der Waals surface area contributed by atoms with E-state index in [1.165, 1.54) is 77.4 Å². The predicted octanol–water partition coefficient (Wildman–Crippen LogP) is 7.16. The first kappa shape index (κ1) is 42.8. The number of piperazine rings is 3. The molecule has 6 aliphatic rings. The highest BCUT2D eigenvalue weighted by molar-refractivity contribution is 5.84. The number of carbonyl (C=O) groups is 2. The van der Waals surface area contributed by atoms with Crippen LogP contribution in [0.15, 0.2) is 97.6 Å². The van der Waals surface area contributed by atoms with Crippen molar-refractivity contribution < 1.29 is 9.59 Å². The van der Waals surface area contributed by atoms with E-state index < -0.39 is 0 Å². The molecule has 4 aliphatic heterocycles. The Kier molecular flexibility index (Phi) is 12.4. The van der Waals surface area contributed by atoms with Crippen LogP contribution in [0.3, 0.4) is 0 Å². The Morgan fingerprint density at radius 3 is 1.29 bits per heavy atom. The maximum absolute atomic E-state index is 12.4. The van der Waals surface area contributed by atoms with Crippen LogP contribution in [0.25, 0.3) is 33.3 Å². The topological polar surface area (TPSA) is 100 Å². The normalized spacial score (nSPS) is 19.3. The molecule has 6 fully saturated rings. The molecule has 65 heavy (non-hydrogen) atoms. The summed E-state index contributed by atoms with van der Waals surface area (Å²) in [6.45, 7) is 13.3. The van der Waals surface area contributed by atoms with Gasteiger partial charge in [-0.2, -0.15) is 10.2 Å². The van der Waals surface area contributed by atoms with Gasteiger partial charge in [0.05, 0.1) is 22.4 Å². The molecule has 2 amide bonds. The minimum Gasteiger partial charge on any atom is -0.372 e. The molecule has 2 aliphatic carbocycles. The SMILES string of the molecule is C.O=C(C1CC1)N1CCN(c2ccnn3cc(-c4ccc(N5CCCCC5)cc4)cc23)CC1.O=C(C1CC1)N1CCN(c2ccnn3cc(-c4ccc(N5CCNCC5)cc4)cc23)CC1. The molecule has 0 spiro atoms. The van der Waals surface area contributed by atoms with E-state index in [1.54, 1.807) is 0 Å². The summed E-state index contributed by atoms with van der Waals surface area (Å²) in [4.78, 5) is 38.6. The molecule has 4 saturated heterocycles. The van der Waals surface area contributed by atoms with E-state index in [9.17, 15) is 9.59 Å². The third-order valence-electron chi connectivity index (χ3n) is 14.3. The lowest BCUT2D eigenvalue weighted by atomic mass is 10.1. The number of benzene rings is 2. The zero-order chi connectivity index (χ0) is 43.0. The average molecular weight is 876 g/mol. The molecule has 0 unspecified atom stereocenters. The van der Waals surface area contributed by atoms with Crippen molar-refractivity contribution in [3.63, 3.8) is 0 Å². The molecular weight excluding hydrogens is 811 g/mol. The zero-order valence-corrected chi connectivity index (χ0v) is 37.0. The number of fused-ring (bicyclic) bond motifs is 2. The third kappa shape index (κ3) is 9.25. The molecule has 4 aromatic heterocycles. The summed E-state index contributed by atoms with van der Waals surface area (Å²) >= 11 is 0. The van der Waals surface area contributed by atoms with Crippen molar-refractivity contribution in [2.24, 2.45) is 11.8 Å². The first-order chi connectivity index (χ1) is 31.5. The molecule has 6 aromatic rings. The Hall–Kier alpha value is -6.08. The zero-order valence-electron chi connectivity index (χ0n) is 37.0. The Morgan fingerprint density at radius 2 is 0.877 bits per heavy atom. The number of hydrogen-bond acceptors (Lipinski definition) is 9. The van der Waals surface area contributed by atoms with Gasteiger partial charge in [0.15, 0.2) is 0 Å². The summed E-state index contributed by atoms with van der Waals surface area (Å²) < 4.78 is 3.97. The molecule has 2 aromatic carbocycles. The van der Waals surface area contributed by atoms with Gasteiger partial charge < -0.3 is 34.7 Å². The largest absolute Gasteiger partial charge is 0.372 e. The Morgan fingerprint density at radius 1 is 0.462 bits per heavy atom. The van der Waals surface area contributed by atoms with Crippen LogP contribution in [-0.4, -0.2) is 132 Å². The van der Waals surface area contributed by atoms with Gasteiger partial charge in [-0.3, -0.25) is 9.59 Å². The lowest BCUT2D eigenvalue weighted by Gasteiger charge is -2.36. The van der Waals surface area contributed by atoms with Crippen molar-refractivity contribution in [1.82, 2.24) is 34.3 Å². The highest BCUT2D eigenvalue weighted by atomic mass is 16.2. The van der Waals surface area contributed by atoms with Crippen LogP contribution >= 0.6 is 0 Å². The second kappa shape index (κ2) is 18.8. The highest BCUT2D eigenvalue weighted by Crippen LogP contribution is 2.35. The van der Waals surface area contributed by atoms with Crippen LogP contribution in [0.4, 0.5) is 22.7 Å². The lowest BCUT2D eigenvalue weighted by molar-refractivity contribution is -0.133. The van der Waals surface area contributed by atoms with Gasteiger partial charge in [-0.1, -0.05) is 31.7 Å². The molecule has 2 saturated carbocycles. The minimum atomic E-state index is 0. The first-order valence-corrected chi connectivity index (χ1v) is 24.0. The van der Waals surface area contributed by atoms with E-state index in [0.717, 1.165) is 115 Å². The van der Waals surface area contributed by atoms with Crippen molar-refractivity contribution in [3.8, 4) is 22.3 Å². The van der Waals surface area contributed by atoms with Gasteiger partial charge in [-0.25, -0.2) is 9.03 Å². The van der Waals surface area contributed by atoms with E-state index in [-0.39, 0.29) is 7.43 Å². The summed E-state index contributed by atoms with van der Waals surface area (Å²) in [6, 6.07) is 26.6. The summed E-state index contributed by atoms with van der Waals surface area (Å²) in [5.41, 5.74) is 12.1. The maximum atomic E-state index is 12.4. The van der Waals surface area contributed by atoms with Crippen LogP contribution in [-0.2, 0) is 9.59 Å². The van der Waals surface area contributed by atoms with Crippen LogP contribution in [0.1, 0.15) is 52.4 Å². The Balaban J connectivity index is 0.000000151. The molecule has 1 N–H and O–H groups in total. The number of piperidine rings is 1. The number of nitrogens with zero attached hydrogens (tertiary/aromatic N) is 10. The van der Waals surface area contributed by atoms with Crippen molar-refractivity contribution in [3.05, 3.63) is 97.6 Å². The lowest BCUT2D eigenvalue weighted by Crippen LogP contribution is -2.49. The van der Waals surface area contributed by atoms with Crippen molar-refractivity contribution in [2.45, 2.75) is 52.4 Å².